The zero-order chi connectivity index (χ0) is 21.9. The molecule has 1 amide bonds. The largest absolute Gasteiger partial charge is 0.497 e. The summed E-state index contributed by atoms with van der Waals surface area (Å²) < 4.78 is 8.78. The monoisotopic (exact) mass is 444 g/mol. The number of nitrogens with one attached hydrogen (secondary N) is 1. The van der Waals surface area contributed by atoms with Crippen molar-refractivity contribution in [2.24, 2.45) is 0 Å². The van der Waals surface area contributed by atoms with E-state index in [2.05, 4.69) is 45.3 Å². The van der Waals surface area contributed by atoms with E-state index in [0.29, 0.717) is 13.1 Å². The molecule has 32 heavy (non-hydrogen) atoms. The molecule has 162 valence electrons. The maximum atomic E-state index is 13.3. The van der Waals surface area contributed by atoms with Crippen LogP contribution in [0.2, 0.25) is 0 Å². The lowest BCUT2D eigenvalue weighted by Gasteiger charge is -2.46. The predicted molar refractivity (Wildman–Crippen MR) is 127 cm³/mol. The topological polar surface area (TPSA) is 59.4 Å². The molecule has 4 heterocycles. The van der Waals surface area contributed by atoms with Crippen LogP contribution in [0, 0.1) is 6.92 Å². The quantitative estimate of drug-likeness (QED) is 0.475. The summed E-state index contributed by atoms with van der Waals surface area (Å²) in [7, 11) is 1.69. The number of aromatic nitrogens is 2. The third kappa shape index (κ3) is 2.92. The molecule has 1 N–H and O–H groups in total. The zero-order valence-corrected chi connectivity index (χ0v) is 18.9. The van der Waals surface area contributed by atoms with Crippen molar-refractivity contribution in [1.29, 1.82) is 0 Å². The Labute approximate surface area is 190 Å². The Hall–Kier alpha value is -3.32. The van der Waals surface area contributed by atoms with Crippen LogP contribution < -0.4 is 10.1 Å². The van der Waals surface area contributed by atoms with Gasteiger partial charge in [0.05, 0.1) is 39.2 Å². The number of benzene rings is 2. The Morgan fingerprint density at radius 3 is 2.81 bits per heavy atom. The Bertz CT molecular complexity index is 1350. The summed E-state index contributed by atoms with van der Waals surface area (Å²) in [4.78, 5) is 19.8. The Morgan fingerprint density at radius 2 is 2.00 bits per heavy atom. The van der Waals surface area contributed by atoms with Crippen molar-refractivity contribution in [2.45, 2.75) is 25.3 Å². The third-order valence-corrected chi connectivity index (χ3v) is 7.66. The van der Waals surface area contributed by atoms with Gasteiger partial charge in [-0.05, 0) is 62.2 Å². The van der Waals surface area contributed by atoms with Gasteiger partial charge in [0, 0.05) is 36.6 Å². The van der Waals surface area contributed by atoms with Crippen molar-refractivity contribution in [3.63, 3.8) is 0 Å². The second-order valence-electron chi connectivity index (χ2n) is 8.56. The van der Waals surface area contributed by atoms with Crippen LogP contribution in [-0.4, -0.2) is 40.6 Å². The number of anilines is 1. The summed E-state index contributed by atoms with van der Waals surface area (Å²) in [6.07, 6.45) is 3.82. The highest BCUT2D eigenvalue weighted by Gasteiger charge is 2.42. The van der Waals surface area contributed by atoms with Crippen LogP contribution in [-0.2, 0) is 5.54 Å². The van der Waals surface area contributed by atoms with E-state index in [0.717, 1.165) is 50.8 Å². The van der Waals surface area contributed by atoms with Crippen LogP contribution in [0.3, 0.4) is 0 Å². The molecule has 0 unspecified atom stereocenters. The Morgan fingerprint density at radius 1 is 1.16 bits per heavy atom. The summed E-state index contributed by atoms with van der Waals surface area (Å²) in [5, 5.41) is 4.83. The fourth-order valence-electron chi connectivity index (χ4n) is 5.08. The number of ether oxygens (including phenoxy) is 1. The van der Waals surface area contributed by atoms with Gasteiger partial charge >= 0.3 is 0 Å². The summed E-state index contributed by atoms with van der Waals surface area (Å²) in [6, 6.07) is 16.3. The lowest BCUT2D eigenvalue weighted by atomic mass is 9.82. The van der Waals surface area contributed by atoms with Crippen molar-refractivity contribution in [1.82, 2.24) is 14.5 Å². The maximum Gasteiger partial charge on any atom is 0.253 e. The standard InChI is InChI=1S/C25H24N4O2S/c1-16-26-19-7-5-17(14-22(19)32-16)24(30)28-12-9-25(10-13-28)23-4-3-11-29(23)21-8-6-18(31-2)15-20(21)27-25/h3-8,11,14-15,27H,9-10,12-13H2,1-2H3. The number of methoxy groups -OCH3 is 1. The summed E-state index contributed by atoms with van der Waals surface area (Å²) in [5.41, 5.74) is 4.96. The number of carbonyl (C=O) groups is 1. The first-order chi connectivity index (χ1) is 15.6. The van der Waals surface area contributed by atoms with Gasteiger partial charge in [-0.3, -0.25) is 4.79 Å². The number of thiazole rings is 1. The molecule has 2 aromatic heterocycles. The van der Waals surface area contributed by atoms with E-state index in [-0.39, 0.29) is 11.4 Å². The van der Waals surface area contributed by atoms with E-state index in [4.69, 9.17) is 4.74 Å². The van der Waals surface area contributed by atoms with Gasteiger partial charge in [-0.25, -0.2) is 4.98 Å². The second-order valence-corrected chi connectivity index (χ2v) is 9.80. The Kier molecular flexibility index (Phi) is 4.30. The Balaban J connectivity index is 1.27. The third-order valence-electron chi connectivity index (χ3n) is 6.72. The molecule has 1 saturated heterocycles. The smallest absolute Gasteiger partial charge is 0.253 e. The van der Waals surface area contributed by atoms with E-state index in [1.165, 1.54) is 5.69 Å². The summed E-state index contributed by atoms with van der Waals surface area (Å²) in [5.74, 6) is 0.935. The molecule has 0 bridgehead atoms. The number of likely N-dealkylation sites (tertiary alicyclic amines) is 1. The lowest BCUT2D eigenvalue weighted by Crippen LogP contribution is -2.51. The molecule has 2 aromatic carbocycles. The zero-order valence-electron chi connectivity index (χ0n) is 18.1. The number of fused-ring (bicyclic) bond motifs is 5. The minimum Gasteiger partial charge on any atom is -0.497 e. The highest BCUT2D eigenvalue weighted by Crippen LogP contribution is 2.44. The molecule has 6 rings (SSSR count). The van der Waals surface area contributed by atoms with Gasteiger partial charge in [-0.1, -0.05) is 0 Å². The average molecular weight is 445 g/mol. The SMILES string of the molecule is COc1ccc2c(c1)NC1(CCN(C(=O)c3ccc4nc(C)sc4c3)CC1)c1cccn1-2. The van der Waals surface area contributed by atoms with Gasteiger partial charge < -0.3 is 19.5 Å². The highest BCUT2D eigenvalue weighted by molar-refractivity contribution is 7.18. The first-order valence-electron chi connectivity index (χ1n) is 10.9. The molecule has 0 aliphatic carbocycles. The van der Waals surface area contributed by atoms with Gasteiger partial charge in [0.1, 0.15) is 5.75 Å². The molecule has 0 saturated carbocycles. The van der Waals surface area contributed by atoms with Crippen LogP contribution in [0.5, 0.6) is 5.75 Å². The number of amides is 1. The first-order valence-corrected chi connectivity index (χ1v) is 11.7. The van der Waals surface area contributed by atoms with Crippen LogP contribution in [0.25, 0.3) is 15.9 Å². The normalized spacial score (nSPS) is 16.5. The molecule has 2 aliphatic rings. The van der Waals surface area contributed by atoms with E-state index < -0.39 is 0 Å². The van der Waals surface area contributed by atoms with Crippen molar-refractivity contribution in [3.8, 4) is 11.4 Å². The van der Waals surface area contributed by atoms with Crippen molar-refractivity contribution < 1.29 is 9.53 Å². The van der Waals surface area contributed by atoms with Crippen LogP contribution in [0.15, 0.2) is 54.7 Å². The number of hydrogen-bond acceptors (Lipinski definition) is 5. The predicted octanol–water partition coefficient (Wildman–Crippen LogP) is 4.96. The van der Waals surface area contributed by atoms with Gasteiger partial charge in [-0.2, -0.15) is 0 Å². The van der Waals surface area contributed by atoms with E-state index in [1.807, 2.05) is 36.1 Å². The number of piperidine rings is 1. The molecular weight excluding hydrogens is 420 g/mol. The van der Waals surface area contributed by atoms with Crippen LogP contribution in [0.1, 0.15) is 33.9 Å². The van der Waals surface area contributed by atoms with Crippen LogP contribution >= 0.6 is 11.3 Å². The molecule has 2 aliphatic heterocycles. The number of hydrogen-bond donors (Lipinski definition) is 1. The van der Waals surface area contributed by atoms with E-state index >= 15 is 0 Å². The molecule has 0 radical (unpaired) electrons. The second kappa shape index (κ2) is 7.10. The van der Waals surface area contributed by atoms with E-state index in [1.54, 1.807) is 18.4 Å². The van der Waals surface area contributed by atoms with E-state index in [9.17, 15) is 4.79 Å². The fourth-order valence-corrected chi connectivity index (χ4v) is 5.95. The van der Waals surface area contributed by atoms with Gasteiger partial charge in [0.25, 0.3) is 5.91 Å². The minimum atomic E-state index is -0.196. The van der Waals surface area contributed by atoms with Gasteiger partial charge in [0.2, 0.25) is 0 Å². The number of aryl methyl sites for hydroxylation is 1. The molecular formula is C25H24N4O2S. The summed E-state index contributed by atoms with van der Waals surface area (Å²) >= 11 is 1.63. The van der Waals surface area contributed by atoms with Crippen molar-refractivity contribution in [3.05, 3.63) is 71.0 Å². The maximum absolute atomic E-state index is 13.3. The molecule has 6 nitrogen and oxygen atoms in total. The molecule has 1 fully saturated rings. The molecule has 7 heteroatoms. The van der Waals surface area contributed by atoms with Crippen molar-refractivity contribution >= 4 is 33.1 Å². The number of rotatable bonds is 2. The highest BCUT2D eigenvalue weighted by atomic mass is 32.1. The molecule has 0 atom stereocenters. The number of nitrogens with zero attached hydrogens (tertiary/aromatic N) is 3. The minimum absolute atomic E-state index is 0.0982. The number of carbonyl (C=O) groups excluding carboxylic acids is 1. The average Bonchev–Trinajstić information content (AvgIpc) is 3.45. The van der Waals surface area contributed by atoms with Crippen LogP contribution in [0.4, 0.5) is 5.69 Å². The fraction of sp³-hybridized carbons (Fsp3) is 0.280. The molecule has 4 aromatic rings. The summed E-state index contributed by atoms with van der Waals surface area (Å²) in [6.45, 7) is 3.41. The first kappa shape index (κ1) is 19.4. The lowest BCUT2D eigenvalue weighted by molar-refractivity contribution is 0.0676. The van der Waals surface area contributed by atoms with Gasteiger partial charge in [-0.15, -0.1) is 11.3 Å². The van der Waals surface area contributed by atoms with Crippen molar-refractivity contribution in [2.75, 3.05) is 25.5 Å². The van der Waals surface area contributed by atoms with Gasteiger partial charge in [0.15, 0.2) is 0 Å². The molecule has 1 spiro atoms.